The van der Waals surface area contributed by atoms with E-state index < -0.39 is 17.7 Å². The van der Waals surface area contributed by atoms with E-state index in [0.29, 0.717) is 30.2 Å². The molecule has 41 heavy (non-hydrogen) atoms. The van der Waals surface area contributed by atoms with Crippen molar-refractivity contribution in [1.29, 1.82) is 0 Å². The number of anilines is 1. The molecule has 0 unspecified atom stereocenters. The molecule has 1 saturated heterocycles. The summed E-state index contributed by atoms with van der Waals surface area (Å²) in [5, 5.41) is 14.0. The highest BCUT2D eigenvalue weighted by molar-refractivity contribution is 6.34. The Balaban J connectivity index is 1.18. The van der Waals surface area contributed by atoms with Gasteiger partial charge in [0.25, 0.3) is 5.91 Å². The maximum absolute atomic E-state index is 15.0. The molecule has 1 aliphatic heterocycles. The van der Waals surface area contributed by atoms with Crippen molar-refractivity contribution in [3.05, 3.63) is 82.4 Å². The van der Waals surface area contributed by atoms with Crippen LogP contribution in [0.3, 0.4) is 0 Å². The molecule has 2 N–H and O–H groups in total. The van der Waals surface area contributed by atoms with Gasteiger partial charge >= 0.3 is 5.97 Å². The number of carbonyl (C=O) groups excluding carboxylic acids is 2. The number of rotatable bonds is 11. The second-order valence-electron chi connectivity index (χ2n) is 9.89. The van der Waals surface area contributed by atoms with Crippen LogP contribution in [0.25, 0.3) is 10.9 Å². The molecular formula is C29H28ClFN4O6. The van der Waals surface area contributed by atoms with Crippen molar-refractivity contribution in [2.45, 2.75) is 38.1 Å². The third-order valence-corrected chi connectivity index (χ3v) is 7.26. The Morgan fingerprint density at radius 1 is 1.27 bits per heavy atom. The molecule has 1 aliphatic rings. The summed E-state index contributed by atoms with van der Waals surface area (Å²) >= 11 is 6.36. The van der Waals surface area contributed by atoms with Crippen LogP contribution in [0.2, 0.25) is 5.02 Å². The van der Waals surface area contributed by atoms with E-state index in [4.69, 9.17) is 26.0 Å². The lowest BCUT2D eigenvalue weighted by Gasteiger charge is -2.21. The van der Waals surface area contributed by atoms with Crippen LogP contribution < -0.4 is 5.32 Å². The van der Waals surface area contributed by atoms with Gasteiger partial charge in [0.1, 0.15) is 24.2 Å². The van der Waals surface area contributed by atoms with Gasteiger partial charge in [-0.1, -0.05) is 29.8 Å². The topological polar surface area (TPSA) is 127 Å². The van der Waals surface area contributed by atoms with Gasteiger partial charge in [-0.05, 0) is 36.6 Å². The molecule has 0 bridgehead atoms. The van der Waals surface area contributed by atoms with Crippen LogP contribution >= 0.6 is 11.6 Å². The molecule has 1 amide bonds. The number of hydroxylamine groups is 2. The summed E-state index contributed by atoms with van der Waals surface area (Å²) in [6.07, 6.45) is 4.61. The number of nitrogens with one attached hydrogen (secondary N) is 1. The quantitative estimate of drug-likeness (QED) is 0.250. The minimum absolute atomic E-state index is 0.0633. The first-order valence-electron chi connectivity index (χ1n) is 13.1. The SMILES string of the molecule is Cn1cc(C(=O)Nc2cc(F)c(CC(=O)CON3CCC[C@H]3c3ncc(CCC(=O)O)o3)cc2Cl)c2ccccc21. The lowest BCUT2D eigenvalue weighted by atomic mass is 10.1. The largest absolute Gasteiger partial charge is 0.481 e. The van der Waals surface area contributed by atoms with Crippen molar-refractivity contribution in [2.24, 2.45) is 7.05 Å². The minimum atomic E-state index is -0.926. The Kier molecular flexibility index (Phi) is 8.48. The Bertz CT molecular complexity index is 1620. The number of para-hydroxylation sites is 1. The third kappa shape index (κ3) is 6.48. The first-order valence-corrected chi connectivity index (χ1v) is 13.5. The van der Waals surface area contributed by atoms with E-state index in [9.17, 15) is 18.8 Å². The van der Waals surface area contributed by atoms with Gasteiger partial charge in [0.2, 0.25) is 5.89 Å². The number of amides is 1. The minimum Gasteiger partial charge on any atom is -0.481 e. The summed E-state index contributed by atoms with van der Waals surface area (Å²) in [7, 11) is 1.83. The van der Waals surface area contributed by atoms with Gasteiger partial charge in [0.15, 0.2) is 5.78 Å². The lowest BCUT2D eigenvalue weighted by molar-refractivity contribution is -0.179. The number of carboxylic acids is 1. The summed E-state index contributed by atoms with van der Waals surface area (Å²) < 4.78 is 22.5. The van der Waals surface area contributed by atoms with E-state index in [1.165, 1.54) is 12.3 Å². The molecule has 3 heterocycles. The molecule has 2 aromatic carbocycles. The number of fused-ring (bicyclic) bond motifs is 1. The van der Waals surface area contributed by atoms with Gasteiger partial charge in [0.05, 0.1) is 28.9 Å². The fourth-order valence-corrected chi connectivity index (χ4v) is 5.15. The summed E-state index contributed by atoms with van der Waals surface area (Å²) in [4.78, 5) is 46.4. The van der Waals surface area contributed by atoms with Crippen molar-refractivity contribution < 1.29 is 33.1 Å². The maximum Gasteiger partial charge on any atom is 0.303 e. The van der Waals surface area contributed by atoms with E-state index in [-0.39, 0.29) is 54.0 Å². The van der Waals surface area contributed by atoms with Crippen LogP contribution in [-0.2, 0) is 34.3 Å². The Hall–Kier alpha value is -4.06. The standard InChI is InChI=1S/C29H28ClFN4O6/c1-34-15-21(20-5-2-3-6-25(20)34)28(39)33-24-13-23(31)17(12-22(24)30)11-18(36)16-40-35-10-4-7-26(35)29-32-14-19(41-29)8-9-27(37)38/h2-3,5-6,12-15,26H,4,7-11,16H2,1H3,(H,33,39)(H,37,38)/t26-/m0/s1. The predicted molar refractivity (Wildman–Crippen MR) is 148 cm³/mol. The predicted octanol–water partition coefficient (Wildman–Crippen LogP) is 5.11. The molecule has 2 aromatic heterocycles. The number of Topliss-reactive ketones (excluding diaryl/α,β-unsaturated/α-hetero) is 1. The van der Waals surface area contributed by atoms with E-state index in [1.807, 2.05) is 35.9 Å². The van der Waals surface area contributed by atoms with Crippen LogP contribution in [0, 0.1) is 5.82 Å². The number of ketones is 1. The van der Waals surface area contributed by atoms with Gasteiger partial charge in [-0.3, -0.25) is 19.2 Å². The normalized spacial score (nSPS) is 15.4. The van der Waals surface area contributed by atoms with Crippen LogP contribution in [-0.4, -0.2) is 50.5 Å². The first-order chi connectivity index (χ1) is 19.7. The number of halogens is 2. The highest BCUT2D eigenvalue weighted by atomic mass is 35.5. The number of carbonyl (C=O) groups is 3. The molecule has 0 saturated carbocycles. The van der Waals surface area contributed by atoms with E-state index in [2.05, 4.69) is 10.3 Å². The molecule has 5 rings (SSSR count). The molecule has 1 fully saturated rings. The maximum atomic E-state index is 15.0. The molecule has 4 aromatic rings. The van der Waals surface area contributed by atoms with E-state index in [1.54, 1.807) is 11.3 Å². The number of benzene rings is 2. The van der Waals surface area contributed by atoms with Crippen LogP contribution in [0.5, 0.6) is 0 Å². The lowest BCUT2D eigenvalue weighted by Crippen LogP contribution is -2.27. The Morgan fingerprint density at radius 2 is 2.07 bits per heavy atom. The number of hydrogen-bond donors (Lipinski definition) is 2. The van der Waals surface area contributed by atoms with Gasteiger partial charge in [-0.15, -0.1) is 0 Å². The number of aryl methyl sites for hydroxylation is 2. The zero-order valence-electron chi connectivity index (χ0n) is 22.2. The fraction of sp³-hybridized carbons (Fsp3) is 0.310. The molecule has 12 heteroatoms. The van der Waals surface area contributed by atoms with Crippen LogP contribution in [0.1, 0.15) is 52.9 Å². The van der Waals surface area contributed by atoms with Crippen molar-refractivity contribution in [2.75, 3.05) is 18.5 Å². The number of aromatic nitrogens is 2. The number of nitrogens with zero attached hydrogens (tertiary/aromatic N) is 3. The van der Waals surface area contributed by atoms with Crippen molar-refractivity contribution in [3.63, 3.8) is 0 Å². The zero-order valence-corrected chi connectivity index (χ0v) is 23.0. The molecule has 214 valence electrons. The van der Waals surface area contributed by atoms with Gasteiger partial charge in [-0.25, -0.2) is 9.37 Å². The van der Waals surface area contributed by atoms with Crippen LogP contribution in [0.4, 0.5) is 10.1 Å². The molecule has 0 aliphatic carbocycles. The molecule has 0 spiro atoms. The summed E-state index contributed by atoms with van der Waals surface area (Å²) in [6, 6.07) is 9.57. The van der Waals surface area contributed by atoms with E-state index in [0.717, 1.165) is 23.4 Å². The number of hydrogen-bond acceptors (Lipinski definition) is 7. The molecule has 1 atom stereocenters. The van der Waals surface area contributed by atoms with Crippen LogP contribution in [0.15, 0.2) is 53.2 Å². The number of carboxylic acid groups (broad SMARTS) is 1. The van der Waals surface area contributed by atoms with Crippen molar-refractivity contribution in [3.8, 4) is 0 Å². The number of oxazole rings is 1. The average molecular weight is 583 g/mol. The first kappa shape index (κ1) is 28.5. The number of aliphatic carboxylic acids is 1. The Labute approximate surface area is 239 Å². The highest BCUT2D eigenvalue weighted by Crippen LogP contribution is 2.32. The Morgan fingerprint density at radius 3 is 2.88 bits per heavy atom. The van der Waals surface area contributed by atoms with Crippen molar-refractivity contribution in [1.82, 2.24) is 14.6 Å². The molecule has 0 radical (unpaired) electrons. The van der Waals surface area contributed by atoms with Gasteiger partial charge in [-0.2, -0.15) is 5.06 Å². The monoisotopic (exact) mass is 582 g/mol. The summed E-state index contributed by atoms with van der Waals surface area (Å²) in [6.45, 7) is 0.260. The summed E-state index contributed by atoms with van der Waals surface area (Å²) in [5.74, 6) is -1.54. The smallest absolute Gasteiger partial charge is 0.303 e. The van der Waals surface area contributed by atoms with Gasteiger partial charge in [0, 0.05) is 43.5 Å². The second-order valence-corrected chi connectivity index (χ2v) is 10.3. The van der Waals surface area contributed by atoms with Crippen molar-refractivity contribution >= 4 is 45.9 Å². The zero-order chi connectivity index (χ0) is 29.1. The fourth-order valence-electron chi connectivity index (χ4n) is 4.91. The van der Waals surface area contributed by atoms with Gasteiger partial charge < -0.3 is 19.4 Å². The summed E-state index contributed by atoms with van der Waals surface area (Å²) in [5.41, 5.74) is 1.49. The molecule has 10 nitrogen and oxygen atoms in total. The average Bonchev–Trinajstić information content (AvgIpc) is 3.68. The van der Waals surface area contributed by atoms with E-state index >= 15 is 0 Å². The molecular weight excluding hydrogens is 555 g/mol. The highest BCUT2D eigenvalue weighted by Gasteiger charge is 2.31. The second kappa shape index (κ2) is 12.2. The third-order valence-electron chi connectivity index (χ3n) is 6.95.